The largest absolute Gasteiger partial charge is 0.388 e. The average Bonchev–Trinajstić information content (AvgIpc) is 2.73. The highest BCUT2D eigenvalue weighted by Crippen LogP contribution is 2.30. The van der Waals surface area contributed by atoms with Crippen molar-refractivity contribution < 1.29 is 23.5 Å². The lowest BCUT2D eigenvalue weighted by molar-refractivity contribution is -0.133. The van der Waals surface area contributed by atoms with Crippen molar-refractivity contribution in [2.75, 3.05) is 19.6 Å². The van der Waals surface area contributed by atoms with Gasteiger partial charge in [0.25, 0.3) is 5.91 Å². The van der Waals surface area contributed by atoms with Crippen LogP contribution in [-0.2, 0) is 4.79 Å². The molecule has 0 aromatic heterocycles. The van der Waals surface area contributed by atoms with Crippen LogP contribution in [0.4, 0.5) is 8.78 Å². The Morgan fingerprint density at radius 3 is 2.45 bits per heavy atom. The number of amides is 2. The molecule has 1 saturated heterocycles. The Morgan fingerprint density at radius 2 is 1.79 bits per heavy atom. The standard InChI is InChI=1S/C22H24F2N2O3/c23-17-6-7-18(19(24)14-17)22(29)25-11-8-20(27)26-12-9-16(10-13-26)21(28)15-4-2-1-3-5-15/h1-7,14,16,21,28H,8-13H2,(H,25,29). The Morgan fingerprint density at radius 1 is 1.10 bits per heavy atom. The van der Waals surface area contributed by atoms with Gasteiger partial charge in [-0.25, -0.2) is 8.78 Å². The first-order valence-electron chi connectivity index (χ1n) is 9.69. The predicted octanol–water partition coefficient (Wildman–Crippen LogP) is 3.06. The Kier molecular flexibility index (Phi) is 6.93. The van der Waals surface area contributed by atoms with Crippen LogP contribution in [0.5, 0.6) is 0 Å². The molecule has 2 amide bonds. The van der Waals surface area contributed by atoms with Gasteiger partial charge in [0.1, 0.15) is 11.6 Å². The minimum absolute atomic E-state index is 0.0705. The third kappa shape index (κ3) is 5.38. The average molecular weight is 402 g/mol. The molecular formula is C22H24F2N2O3. The van der Waals surface area contributed by atoms with E-state index in [0.29, 0.717) is 32.0 Å². The fourth-order valence-electron chi connectivity index (χ4n) is 3.60. The normalized spacial score (nSPS) is 15.8. The van der Waals surface area contributed by atoms with Gasteiger partial charge in [-0.2, -0.15) is 0 Å². The number of nitrogens with one attached hydrogen (secondary N) is 1. The molecule has 0 bridgehead atoms. The Hall–Kier alpha value is -2.80. The maximum absolute atomic E-state index is 13.6. The third-order valence-electron chi connectivity index (χ3n) is 5.28. The molecule has 1 aliphatic rings. The zero-order valence-electron chi connectivity index (χ0n) is 16.0. The van der Waals surface area contributed by atoms with Crippen LogP contribution >= 0.6 is 0 Å². The van der Waals surface area contributed by atoms with Crippen LogP contribution in [-0.4, -0.2) is 41.5 Å². The fraction of sp³-hybridized carbons (Fsp3) is 0.364. The molecular weight excluding hydrogens is 378 g/mol. The van der Waals surface area contributed by atoms with Gasteiger partial charge in [0, 0.05) is 32.1 Å². The first-order chi connectivity index (χ1) is 14.0. The summed E-state index contributed by atoms with van der Waals surface area (Å²) in [6.45, 7) is 1.17. The topological polar surface area (TPSA) is 69.6 Å². The van der Waals surface area contributed by atoms with Crippen molar-refractivity contribution in [3.05, 3.63) is 71.3 Å². The van der Waals surface area contributed by atoms with Crippen LogP contribution in [0.3, 0.4) is 0 Å². The molecule has 1 unspecified atom stereocenters. The molecule has 0 aliphatic carbocycles. The number of hydrogen-bond donors (Lipinski definition) is 2. The maximum atomic E-state index is 13.6. The number of aliphatic hydroxyl groups is 1. The number of carbonyl (C=O) groups excluding carboxylic acids is 2. The summed E-state index contributed by atoms with van der Waals surface area (Å²) in [5.41, 5.74) is 0.627. The number of halogens is 2. The van der Waals surface area contributed by atoms with Crippen LogP contribution in [0.25, 0.3) is 0 Å². The molecule has 1 atom stereocenters. The monoisotopic (exact) mass is 402 g/mol. The second kappa shape index (κ2) is 9.60. The van der Waals surface area contributed by atoms with Gasteiger partial charge in [-0.15, -0.1) is 0 Å². The molecule has 1 heterocycles. The van der Waals surface area contributed by atoms with Crippen molar-refractivity contribution in [3.8, 4) is 0 Å². The lowest BCUT2D eigenvalue weighted by Crippen LogP contribution is -2.41. The van der Waals surface area contributed by atoms with Gasteiger partial charge < -0.3 is 15.3 Å². The number of benzene rings is 2. The van der Waals surface area contributed by atoms with E-state index < -0.39 is 23.6 Å². The molecule has 2 aromatic rings. The Balaban J connectivity index is 1.42. The van der Waals surface area contributed by atoms with Crippen molar-refractivity contribution in [3.63, 3.8) is 0 Å². The quantitative estimate of drug-likeness (QED) is 0.780. The van der Waals surface area contributed by atoms with E-state index in [4.69, 9.17) is 0 Å². The first kappa shape index (κ1) is 20.9. The molecule has 0 spiro atoms. The van der Waals surface area contributed by atoms with Crippen molar-refractivity contribution >= 4 is 11.8 Å². The highest BCUT2D eigenvalue weighted by Gasteiger charge is 2.28. The van der Waals surface area contributed by atoms with Gasteiger partial charge in [-0.05, 0) is 36.5 Å². The molecule has 0 radical (unpaired) electrons. The molecule has 2 aromatic carbocycles. The van der Waals surface area contributed by atoms with Crippen LogP contribution in [0, 0.1) is 17.6 Å². The zero-order chi connectivity index (χ0) is 20.8. The smallest absolute Gasteiger partial charge is 0.254 e. The van der Waals surface area contributed by atoms with Gasteiger partial charge in [0.2, 0.25) is 5.91 Å². The molecule has 1 fully saturated rings. The number of rotatable bonds is 6. The molecule has 29 heavy (non-hydrogen) atoms. The van der Waals surface area contributed by atoms with Crippen LogP contribution < -0.4 is 5.32 Å². The molecule has 7 heteroatoms. The van der Waals surface area contributed by atoms with E-state index in [2.05, 4.69) is 5.32 Å². The number of hydrogen-bond acceptors (Lipinski definition) is 3. The van der Waals surface area contributed by atoms with E-state index in [0.717, 1.165) is 17.7 Å². The van der Waals surface area contributed by atoms with Crippen LogP contribution in [0.2, 0.25) is 0 Å². The van der Waals surface area contributed by atoms with Crippen LogP contribution in [0.15, 0.2) is 48.5 Å². The van der Waals surface area contributed by atoms with Crippen molar-refractivity contribution in [1.29, 1.82) is 0 Å². The number of carbonyl (C=O) groups is 2. The molecule has 154 valence electrons. The number of aliphatic hydroxyl groups excluding tert-OH is 1. The number of piperidine rings is 1. The van der Waals surface area contributed by atoms with Gasteiger partial charge in [-0.1, -0.05) is 30.3 Å². The summed E-state index contributed by atoms with van der Waals surface area (Å²) in [6, 6.07) is 12.2. The molecule has 3 rings (SSSR count). The summed E-state index contributed by atoms with van der Waals surface area (Å²) in [7, 11) is 0. The second-order valence-corrected chi connectivity index (χ2v) is 7.20. The van der Waals surface area contributed by atoms with Crippen molar-refractivity contribution in [2.24, 2.45) is 5.92 Å². The van der Waals surface area contributed by atoms with E-state index in [9.17, 15) is 23.5 Å². The van der Waals surface area contributed by atoms with E-state index in [1.165, 1.54) is 0 Å². The van der Waals surface area contributed by atoms with E-state index in [1.807, 2.05) is 30.3 Å². The highest BCUT2D eigenvalue weighted by atomic mass is 19.1. The van der Waals surface area contributed by atoms with Gasteiger partial charge >= 0.3 is 0 Å². The molecule has 0 saturated carbocycles. The molecule has 1 aliphatic heterocycles. The Labute approximate surface area is 168 Å². The SMILES string of the molecule is O=C(NCCC(=O)N1CCC(C(O)c2ccccc2)CC1)c1ccc(F)cc1F. The summed E-state index contributed by atoms with van der Waals surface area (Å²) < 4.78 is 26.5. The van der Waals surface area contributed by atoms with Gasteiger partial charge in [0.05, 0.1) is 11.7 Å². The fourth-order valence-corrected chi connectivity index (χ4v) is 3.60. The van der Waals surface area contributed by atoms with Gasteiger partial charge in [-0.3, -0.25) is 9.59 Å². The minimum atomic E-state index is -0.937. The maximum Gasteiger partial charge on any atom is 0.254 e. The predicted molar refractivity (Wildman–Crippen MR) is 104 cm³/mol. The van der Waals surface area contributed by atoms with E-state index in [-0.39, 0.29) is 30.4 Å². The number of likely N-dealkylation sites (tertiary alicyclic amines) is 1. The summed E-state index contributed by atoms with van der Waals surface area (Å²) in [6.07, 6.45) is 0.961. The summed E-state index contributed by atoms with van der Waals surface area (Å²) in [4.78, 5) is 26.0. The third-order valence-corrected chi connectivity index (χ3v) is 5.28. The van der Waals surface area contributed by atoms with E-state index in [1.54, 1.807) is 4.90 Å². The molecule has 2 N–H and O–H groups in total. The van der Waals surface area contributed by atoms with Crippen LogP contribution in [0.1, 0.15) is 41.3 Å². The lowest BCUT2D eigenvalue weighted by atomic mass is 9.87. The lowest BCUT2D eigenvalue weighted by Gasteiger charge is -2.34. The summed E-state index contributed by atoms with van der Waals surface area (Å²) in [5.74, 6) is -2.37. The van der Waals surface area contributed by atoms with Crippen molar-refractivity contribution in [1.82, 2.24) is 10.2 Å². The first-order valence-corrected chi connectivity index (χ1v) is 9.69. The minimum Gasteiger partial charge on any atom is -0.388 e. The second-order valence-electron chi connectivity index (χ2n) is 7.20. The molecule has 5 nitrogen and oxygen atoms in total. The summed E-state index contributed by atoms with van der Waals surface area (Å²) in [5, 5.41) is 13.0. The summed E-state index contributed by atoms with van der Waals surface area (Å²) >= 11 is 0. The highest BCUT2D eigenvalue weighted by molar-refractivity contribution is 5.94. The van der Waals surface area contributed by atoms with Crippen molar-refractivity contribution in [2.45, 2.75) is 25.4 Å². The zero-order valence-corrected chi connectivity index (χ0v) is 16.0. The van der Waals surface area contributed by atoms with Gasteiger partial charge in [0.15, 0.2) is 0 Å². The Bertz CT molecular complexity index is 852. The van der Waals surface area contributed by atoms with E-state index >= 15 is 0 Å². The number of nitrogens with zero attached hydrogens (tertiary/aromatic N) is 1.